The van der Waals surface area contributed by atoms with Crippen LogP contribution in [0.1, 0.15) is 32.3 Å². The molecule has 1 N–H and O–H groups in total. The lowest BCUT2D eigenvalue weighted by Crippen LogP contribution is -2.34. The van der Waals surface area contributed by atoms with Crippen LogP contribution in [0.25, 0.3) is 0 Å². The van der Waals surface area contributed by atoms with Crippen LogP contribution in [-0.4, -0.2) is 12.1 Å². The molecular weight excluding hydrogens is 253 g/mol. The smallest absolute Gasteiger partial charge is 0.0452 e. The van der Waals surface area contributed by atoms with Gasteiger partial charge >= 0.3 is 0 Å². The molecule has 1 nitrogen and oxygen atoms in total. The zero-order valence-corrected chi connectivity index (χ0v) is 11.9. The Balaban J connectivity index is 1.93. The maximum Gasteiger partial charge on any atom is 0.0452 e. The van der Waals surface area contributed by atoms with Crippen LogP contribution >= 0.6 is 23.2 Å². The molecule has 0 bridgehead atoms. The Morgan fingerprint density at radius 1 is 1.29 bits per heavy atom. The zero-order chi connectivity index (χ0) is 12.4. The second-order valence-corrected chi connectivity index (χ2v) is 5.99. The van der Waals surface area contributed by atoms with Gasteiger partial charge in [-0.25, -0.2) is 0 Å². The van der Waals surface area contributed by atoms with Gasteiger partial charge in [0.05, 0.1) is 0 Å². The predicted molar refractivity (Wildman–Crippen MR) is 74.9 cm³/mol. The molecule has 1 aromatic carbocycles. The highest BCUT2D eigenvalue weighted by Gasteiger charge is 2.25. The zero-order valence-electron chi connectivity index (χ0n) is 10.3. The lowest BCUT2D eigenvalue weighted by Gasteiger charge is -2.21. The van der Waals surface area contributed by atoms with Crippen molar-refractivity contribution < 1.29 is 0 Å². The molecule has 1 saturated carbocycles. The van der Waals surface area contributed by atoms with Gasteiger partial charge in [0, 0.05) is 22.1 Å². The molecule has 0 aromatic heterocycles. The minimum absolute atomic E-state index is 0.536. The van der Waals surface area contributed by atoms with E-state index < -0.39 is 0 Å². The van der Waals surface area contributed by atoms with Gasteiger partial charge in [0.1, 0.15) is 0 Å². The lowest BCUT2D eigenvalue weighted by molar-refractivity contribution is 0.396. The van der Waals surface area contributed by atoms with Crippen LogP contribution in [0.2, 0.25) is 10.0 Å². The van der Waals surface area contributed by atoms with E-state index in [1.54, 1.807) is 0 Å². The largest absolute Gasteiger partial charge is 0.311 e. The third kappa shape index (κ3) is 3.87. The van der Waals surface area contributed by atoms with Gasteiger partial charge in [-0.2, -0.15) is 0 Å². The summed E-state index contributed by atoms with van der Waals surface area (Å²) in [6.07, 6.45) is 3.66. The number of nitrogens with one attached hydrogen (secondary N) is 1. The molecule has 0 aliphatic heterocycles. The van der Waals surface area contributed by atoms with Crippen LogP contribution in [0.5, 0.6) is 0 Å². The number of rotatable bonds is 5. The average molecular weight is 272 g/mol. The molecule has 1 aliphatic carbocycles. The summed E-state index contributed by atoms with van der Waals surface area (Å²) in [6, 6.07) is 7.06. The highest BCUT2D eigenvalue weighted by atomic mass is 35.5. The van der Waals surface area contributed by atoms with Crippen molar-refractivity contribution in [3.05, 3.63) is 33.8 Å². The summed E-state index contributed by atoms with van der Waals surface area (Å²) < 4.78 is 0. The second-order valence-electron chi connectivity index (χ2n) is 5.15. The molecule has 1 aromatic rings. The molecule has 0 amide bonds. The number of benzene rings is 1. The standard InChI is InChI=1S/C14H19Cl2N/c1-9(10(2)17-13-5-6-13)7-11-3-4-12(15)8-14(11)16/h3-4,8-10,13,17H,5-7H2,1-2H3. The van der Waals surface area contributed by atoms with Gasteiger partial charge in [-0.1, -0.05) is 36.2 Å². The van der Waals surface area contributed by atoms with E-state index in [0.717, 1.165) is 17.5 Å². The Kier molecular flexibility index (Phi) is 4.35. The molecule has 2 unspecified atom stereocenters. The highest BCUT2D eigenvalue weighted by Crippen LogP contribution is 2.26. The summed E-state index contributed by atoms with van der Waals surface area (Å²) in [7, 11) is 0. The molecule has 0 saturated heterocycles. The highest BCUT2D eigenvalue weighted by molar-refractivity contribution is 6.35. The van der Waals surface area contributed by atoms with Crippen molar-refractivity contribution in [3.8, 4) is 0 Å². The van der Waals surface area contributed by atoms with Crippen LogP contribution in [0.15, 0.2) is 18.2 Å². The third-order valence-corrected chi connectivity index (χ3v) is 4.07. The molecule has 1 fully saturated rings. The van der Waals surface area contributed by atoms with Gasteiger partial charge in [0.2, 0.25) is 0 Å². The molecule has 0 heterocycles. The van der Waals surface area contributed by atoms with Gasteiger partial charge in [0.25, 0.3) is 0 Å². The quantitative estimate of drug-likeness (QED) is 0.842. The van der Waals surface area contributed by atoms with E-state index in [1.165, 1.54) is 18.4 Å². The Labute approximate surface area is 114 Å². The Bertz CT molecular complexity index is 388. The van der Waals surface area contributed by atoms with E-state index in [4.69, 9.17) is 23.2 Å². The molecular formula is C14H19Cl2N. The maximum atomic E-state index is 6.19. The first-order valence-corrected chi connectivity index (χ1v) is 7.02. The Hall–Kier alpha value is -0.240. The van der Waals surface area contributed by atoms with Crippen LogP contribution in [-0.2, 0) is 6.42 Å². The summed E-state index contributed by atoms with van der Waals surface area (Å²) in [5.41, 5.74) is 1.19. The fourth-order valence-electron chi connectivity index (χ4n) is 2.00. The summed E-state index contributed by atoms with van der Waals surface area (Å²) in [6.45, 7) is 4.53. The molecule has 3 heteroatoms. The van der Waals surface area contributed by atoms with E-state index in [0.29, 0.717) is 17.0 Å². The first-order chi connectivity index (χ1) is 8.06. The Morgan fingerprint density at radius 2 is 2.00 bits per heavy atom. The van der Waals surface area contributed by atoms with E-state index in [9.17, 15) is 0 Å². The summed E-state index contributed by atoms with van der Waals surface area (Å²) in [5, 5.41) is 5.12. The van der Waals surface area contributed by atoms with Gasteiger partial charge in [-0.05, 0) is 49.8 Å². The fourth-order valence-corrected chi connectivity index (χ4v) is 2.48. The van der Waals surface area contributed by atoms with E-state index in [2.05, 4.69) is 19.2 Å². The molecule has 94 valence electrons. The van der Waals surface area contributed by atoms with E-state index >= 15 is 0 Å². The van der Waals surface area contributed by atoms with Crippen molar-refractivity contribution in [2.45, 2.75) is 45.2 Å². The minimum Gasteiger partial charge on any atom is -0.311 e. The summed E-state index contributed by atoms with van der Waals surface area (Å²) in [4.78, 5) is 0. The van der Waals surface area contributed by atoms with Crippen LogP contribution < -0.4 is 5.32 Å². The van der Waals surface area contributed by atoms with Gasteiger partial charge in [0.15, 0.2) is 0 Å². The fraction of sp³-hybridized carbons (Fsp3) is 0.571. The SMILES string of the molecule is CC(Cc1ccc(Cl)cc1Cl)C(C)NC1CC1. The first kappa shape index (κ1) is 13.2. The van der Waals surface area contributed by atoms with Crippen molar-refractivity contribution in [1.82, 2.24) is 5.32 Å². The van der Waals surface area contributed by atoms with Crippen LogP contribution in [0, 0.1) is 5.92 Å². The molecule has 17 heavy (non-hydrogen) atoms. The number of hydrogen-bond donors (Lipinski definition) is 1. The van der Waals surface area contributed by atoms with E-state index in [1.807, 2.05) is 18.2 Å². The van der Waals surface area contributed by atoms with Crippen molar-refractivity contribution in [1.29, 1.82) is 0 Å². The average Bonchev–Trinajstić information content (AvgIpc) is 3.06. The molecule has 0 radical (unpaired) electrons. The van der Waals surface area contributed by atoms with Gasteiger partial charge < -0.3 is 5.32 Å². The molecule has 2 atom stereocenters. The van der Waals surface area contributed by atoms with Gasteiger partial charge in [-0.3, -0.25) is 0 Å². The van der Waals surface area contributed by atoms with Crippen molar-refractivity contribution in [2.75, 3.05) is 0 Å². The lowest BCUT2D eigenvalue weighted by atomic mass is 9.95. The summed E-state index contributed by atoms with van der Waals surface area (Å²) in [5.74, 6) is 0.578. The maximum absolute atomic E-state index is 6.19. The molecule has 2 rings (SSSR count). The van der Waals surface area contributed by atoms with Crippen LogP contribution in [0.4, 0.5) is 0 Å². The topological polar surface area (TPSA) is 12.0 Å². The van der Waals surface area contributed by atoms with Crippen molar-refractivity contribution >= 4 is 23.2 Å². The summed E-state index contributed by atoms with van der Waals surface area (Å²) >= 11 is 12.1. The predicted octanol–water partition coefficient (Wildman–Crippen LogP) is 4.31. The molecule has 0 spiro atoms. The van der Waals surface area contributed by atoms with Crippen LogP contribution in [0.3, 0.4) is 0 Å². The number of hydrogen-bond acceptors (Lipinski definition) is 1. The van der Waals surface area contributed by atoms with E-state index in [-0.39, 0.29) is 0 Å². The van der Waals surface area contributed by atoms with Crippen molar-refractivity contribution in [3.63, 3.8) is 0 Å². The third-order valence-electron chi connectivity index (χ3n) is 3.49. The first-order valence-electron chi connectivity index (χ1n) is 6.26. The molecule has 1 aliphatic rings. The van der Waals surface area contributed by atoms with Crippen molar-refractivity contribution in [2.24, 2.45) is 5.92 Å². The van der Waals surface area contributed by atoms with Gasteiger partial charge in [-0.15, -0.1) is 0 Å². The second kappa shape index (κ2) is 5.60. The normalized spacial score (nSPS) is 19.1. The monoisotopic (exact) mass is 271 g/mol. The minimum atomic E-state index is 0.536. The number of halogens is 2. The Morgan fingerprint density at radius 3 is 2.59 bits per heavy atom.